The number of amides is 2. The van der Waals surface area contributed by atoms with Crippen LogP contribution < -0.4 is 16.0 Å². The first-order valence-corrected chi connectivity index (χ1v) is 8.52. The second kappa shape index (κ2) is 8.39. The maximum atomic E-state index is 12.3. The van der Waals surface area contributed by atoms with E-state index in [-0.39, 0.29) is 17.9 Å². The summed E-state index contributed by atoms with van der Waals surface area (Å²) in [7, 11) is 0. The molecule has 0 bridgehead atoms. The van der Waals surface area contributed by atoms with Gasteiger partial charge in [0.05, 0.1) is 12.2 Å². The molecule has 6 nitrogen and oxygen atoms in total. The molecule has 2 aromatic rings. The van der Waals surface area contributed by atoms with Gasteiger partial charge in [-0.1, -0.05) is 12.1 Å². The van der Waals surface area contributed by atoms with Crippen LogP contribution in [-0.2, 0) is 11.3 Å². The third-order valence-corrected chi connectivity index (χ3v) is 4.16. The zero-order chi connectivity index (χ0) is 17.5. The van der Waals surface area contributed by atoms with Gasteiger partial charge in [0.15, 0.2) is 0 Å². The van der Waals surface area contributed by atoms with Crippen molar-refractivity contribution in [3.63, 3.8) is 0 Å². The fourth-order valence-electron chi connectivity index (χ4n) is 2.88. The summed E-state index contributed by atoms with van der Waals surface area (Å²) in [6.45, 7) is 1.34. The number of nitrogens with one attached hydrogen (secondary N) is 3. The average molecular weight is 338 g/mol. The number of rotatable bonds is 6. The third kappa shape index (κ3) is 5.12. The van der Waals surface area contributed by atoms with Crippen molar-refractivity contribution in [3.05, 3.63) is 59.9 Å². The number of carbonyl (C=O) groups is 2. The van der Waals surface area contributed by atoms with Crippen molar-refractivity contribution in [1.82, 2.24) is 15.6 Å². The average Bonchev–Trinajstić information content (AvgIpc) is 3.13. The predicted molar refractivity (Wildman–Crippen MR) is 96.1 cm³/mol. The van der Waals surface area contributed by atoms with E-state index in [1.165, 1.54) is 0 Å². The lowest BCUT2D eigenvalue weighted by Crippen LogP contribution is -2.27. The van der Waals surface area contributed by atoms with Crippen molar-refractivity contribution < 1.29 is 9.59 Å². The smallest absolute Gasteiger partial charge is 0.251 e. The van der Waals surface area contributed by atoms with Crippen LogP contribution in [-0.4, -0.2) is 29.4 Å². The Morgan fingerprint density at radius 2 is 2.12 bits per heavy atom. The van der Waals surface area contributed by atoms with E-state index < -0.39 is 0 Å². The van der Waals surface area contributed by atoms with Crippen molar-refractivity contribution in [3.8, 4) is 0 Å². The molecule has 130 valence electrons. The Kier molecular flexibility index (Phi) is 5.74. The van der Waals surface area contributed by atoms with Gasteiger partial charge < -0.3 is 16.0 Å². The molecule has 6 heteroatoms. The summed E-state index contributed by atoms with van der Waals surface area (Å²) in [4.78, 5) is 28.5. The van der Waals surface area contributed by atoms with Crippen LogP contribution in [0.15, 0.2) is 48.7 Å². The fourth-order valence-corrected chi connectivity index (χ4v) is 2.88. The van der Waals surface area contributed by atoms with Gasteiger partial charge in [-0.3, -0.25) is 14.6 Å². The minimum Gasteiger partial charge on any atom is -0.346 e. The van der Waals surface area contributed by atoms with E-state index >= 15 is 0 Å². The highest BCUT2D eigenvalue weighted by molar-refractivity contribution is 5.97. The van der Waals surface area contributed by atoms with Crippen LogP contribution >= 0.6 is 0 Å². The first-order valence-electron chi connectivity index (χ1n) is 8.52. The quantitative estimate of drug-likeness (QED) is 0.753. The maximum Gasteiger partial charge on any atom is 0.251 e. The van der Waals surface area contributed by atoms with Crippen molar-refractivity contribution in [2.24, 2.45) is 0 Å². The number of carbonyl (C=O) groups excluding carboxylic acids is 2. The van der Waals surface area contributed by atoms with Crippen LogP contribution in [0.2, 0.25) is 0 Å². The van der Waals surface area contributed by atoms with E-state index in [1.54, 1.807) is 30.5 Å². The summed E-state index contributed by atoms with van der Waals surface area (Å²) in [5, 5.41) is 9.00. The molecule has 1 atom stereocenters. The topological polar surface area (TPSA) is 83.1 Å². The largest absolute Gasteiger partial charge is 0.346 e. The summed E-state index contributed by atoms with van der Waals surface area (Å²) >= 11 is 0. The number of pyridine rings is 1. The molecular formula is C19H22N4O2. The lowest BCUT2D eigenvalue weighted by Gasteiger charge is -2.11. The van der Waals surface area contributed by atoms with Gasteiger partial charge in [0.25, 0.3) is 5.91 Å². The van der Waals surface area contributed by atoms with Crippen LogP contribution in [0, 0.1) is 0 Å². The Morgan fingerprint density at radius 3 is 2.88 bits per heavy atom. The molecule has 1 unspecified atom stereocenters. The van der Waals surface area contributed by atoms with E-state index in [9.17, 15) is 9.59 Å². The molecule has 0 spiro atoms. The first kappa shape index (κ1) is 17.1. The maximum absolute atomic E-state index is 12.3. The van der Waals surface area contributed by atoms with Gasteiger partial charge >= 0.3 is 0 Å². The summed E-state index contributed by atoms with van der Waals surface area (Å²) in [6.07, 6.45) is 4.29. The van der Waals surface area contributed by atoms with E-state index in [0.717, 1.165) is 25.1 Å². The Balaban J connectivity index is 1.54. The molecular weight excluding hydrogens is 316 g/mol. The highest BCUT2D eigenvalue weighted by atomic mass is 16.2. The van der Waals surface area contributed by atoms with Crippen LogP contribution in [0.3, 0.4) is 0 Å². The number of aromatic nitrogens is 1. The molecule has 2 amide bonds. The Hall–Kier alpha value is -2.73. The van der Waals surface area contributed by atoms with Crippen molar-refractivity contribution in [1.29, 1.82) is 0 Å². The van der Waals surface area contributed by atoms with E-state index in [1.807, 2.05) is 18.2 Å². The number of hydrogen-bond donors (Lipinski definition) is 3. The standard InChI is InChI=1S/C19H22N4O2/c24-18(12-15-8-4-10-20-15)23-16-7-3-5-14(11-16)19(25)22-13-17-6-1-2-9-21-17/h1-3,5-7,9,11,15,20H,4,8,10,12-13H2,(H,22,25)(H,23,24). The Morgan fingerprint density at radius 1 is 1.20 bits per heavy atom. The summed E-state index contributed by atoms with van der Waals surface area (Å²) in [6, 6.07) is 12.8. The summed E-state index contributed by atoms with van der Waals surface area (Å²) in [5.74, 6) is -0.232. The van der Waals surface area contributed by atoms with Gasteiger partial charge in [-0.2, -0.15) is 0 Å². The molecule has 25 heavy (non-hydrogen) atoms. The second-order valence-electron chi connectivity index (χ2n) is 6.13. The van der Waals surface area contributed by atoms with Crippen LogP contribution in [0.5, 0.6) is 0 Å². The monoisotopic (exact) mass is 338 g/mol. The van der Waals surface area contributed by atoms with Crippen LogP contribution in [0.25, 0.3) is 0 Å². The highest BCUT2D eigenvalue weighted by Gasteiger charge is 2.17. The minimum absolute atomic E-state index is 0.0366. The molecule has 1 aromatic heterocycles. The number of hydrogen-bond acceptors (Lipinski definition) is 4. The minimum atomic E-state index is -0.195. The molecule has 1 aliphatic heterocycles. The normalized spacial score (nSPS) is 16.4. The fraction of sp³-hybridized carbons (Fsp3) is 0.316. The van der Waals surface area contributed by atoms with Crippen molar-refractivity contribution in [2.75, 3.05) is 11.9 Å². The van der Waals surface area contributed by atoms with Crippen LogP contribution in [0.4, 0.5) is 5.69 Å². The van der Waals surface area contributed by atoms with Gasteiger partial charge in [0.2, 0.25) is 5.91 Å². The molecule has 3 rings (SSSR count). The van der Waals surface area contributed by atoms with E-state index in [0.29, 0.717) is 24.2 Å². The third-order valence-electron chi connectivity index (χ3n) is 4.16. The van der Waals surface area contributed by atoms with Gasteiger partial charge in [-0.25, -0.2) is 0 Å². The summed E-state index contributed by atoms with van der Waals surface area (Å²) < 4.78 is 0. The SMILES string of the molecule is O=C(CC1CCCN1)Nc1cccc(C(=O)NCc2ccccn2)c1. The molecule has 1 saturated heterocycles. The molecule has 1 aliphatic rings. The highest BCUT2D eigenvalue weighted by Crippen LogP contribution is 2.14. The number of nitrogens with zero attached hydrogens (tertiary/aromatic N) is 1. The van der Waals surface area contributed by atoms with Gasteiger partial charge in [0.1, 0.15) is 0 Å². The first-order chi connectivity index (χ1) is 12.2. The molecule has 1 aromatic carbocycles. The van der Waals surface area contributed by atoms with E-state index in [2.05, 4.69) is 20.9 Å². The molecule has 0 saturated carbocycles. The molecule has 3 N–H and O–H groups in total. The zero-order valence-corrected chi connectivity index (χ0v) is 14.0. The lowest BCUT2D eigenvalue weighted by molar-refractivity contribution is -0.116. The molecule has 0 radical (unpaired) electrons. The zero-order valence-electron chi connectivity index (χ0n) is 14.0. The van der Waals surface area contributed by atoms with Crippen molar-refractivity contribution in [2.45, 2.75) is 31.8 Å². The molecule has 0 aliphatic carbocycles. The number of benzene rings is 1. The van der Waals surface area contributed by atoms with Crippen LogP contribution in [0.1, 0.15) is 35.3 Å². The van der Waals surface area contributed by atoms with Crippen molar-refractivity contribution >= 4 is 17.5 Å². The number of anilines is 1. The molecule has 1 fully saturated rings. The van der Waals surface area contributed by atoms with Gasteiger partial charge in [-0.15, -0.1) is 0 Å². The Labute approximate surface area is 147 Å². The second-order valence-corrected chi connectivity index (χ2v) is 6.13. The predicted octanol–water partition coefficient (Wildman–Crippen LogP) is 2.09. The molecule has 2 heterocycles. The van der Waals surface area contributed by atoms with E-state index in [4.69, 9.17) is 0 Å². The van der Waals surface area contributed by atoms with Gasteiger partial charge in [-0.05, 0) is 49.7 Å². The van der Waals surface area contributed by atoms with Gasteiger partial charge in [0, 0.05) is 29.9 Å². The summed E-state index contributed by atoms with van der Waals surface area (Å²) in [5.41, 5.74) is 1.94. The Bertz CT molecular complexity index is 727. The lowest BCUT2D eigenvalue weighted by atomic mass is 10.1.